The summed E-state index contributed by atoms with van der Waals surface area (Å²) in [5.41, 5.74) is 7.16. The van der Waals surface area contributed by atoms with Crippen LogP contribution in [0.3, 0.4) is 0 Å². The lowest BCUT2D eigenvalue weighted by atomic mass is 9.86. The van der Waals surface area contributed by atoms with E-state index in [9.17, 15) is 0 Å². The van der Waals surface area contributed by atoms with E-state index < -0.39 is 0 Å². The van der Waals surface area contributed by atoms with Gasteiger partial charge in [-0.05, 0) is 36.2 Å². The highest BCUT2D eigenvalue weighted by atomic mass is 16.5. The summed E-state index contributed by atoms with van der Waals surface area (Å²) in [7, 11) is 0. The van der Waals surface area contributed by atoms with Crippen molar-refractivity contribution in [1.82, 2.24) is 10.3 Å². The van der Waals surface area contributed by atoms with Crippen molar-refractivity contribution in [1.29, 1.82) is 0 Å². The summed E-state index contributed by atoms with van der Waals surface area (Å²) in [5.74, 6) is 1.39. The predicted octanol–water partition coefficient (Wildman–Crippen LogP) is 4.00. The molecule has 2 unspecified atom stereocenters. The maximum atomic E-state index is 6.01. The minimum Gasteiger partial charge on any atom is -0.489 e. The molecule has 4 heteroatoms. The number of piperidine rings is 1. The van der Waals surface area contributed by atoms with Crippen LogP contribution in [0.25, 0.3) is 0 Å². The van der Waals surface area contributed by atoms with Crippen LogP contribution < -0.4 is 10.2 Å². The Morgan fingerprint density at radius 2 is 2.04 bits per heavy atom. The molecule has 1 fully saturated rings. The van der Waals surface area contributed by atoms with Gasteiger partial charge < -0.3 is 15.1 Å². The van der Waals surface area contributed by atoms with Gasteiger partial charge in [0.15, 0.2) is 0 Å². The SMILES string of the molecule is CCCN1CCC2=NNC(c3cccc(OCc4ccccc4)c3)C2C1. The monoisotopic (exact) mass is 349 g/mol. The van der Waals surface area contributed by atoms with Crippen LogP contribution in [0.15, 0.2) is 59.7 Å². The Labute approximate surface area is 155 Å². The smallest absolute Gasteiger partial charge is 0.120 e. The molecule has 2 aliphatic rings. The molecule has 0 aliphatic carbocycles. The summed E-state index contributed by atoms with van der Waals surface area (Å²) in [4.78, 5) is 2.57. The quantitative estimate of drug-likeness (QED) is 0.856. The fourth-order valence-corrected chi connectivity index (χ4v) is 3.98. The molecule has 2 aromatic rings. The molecule has 2 aliphatic heterocycles. The maximum absolute atomic E-state index is 6.01. The van der Waals surface area contributed by atoms with Gasteiger partial charge in [-0.15, -0.1) is 0 Å². The molecular weight excluding hydrogens is 322 g/mol. The number of rotatable bonds is 6. The van der Waals surface area contributed by atoms with Crippen molar-refractivity contribution >= 4 is 5.71 Å². The van der Waals surface area contributed by atoms with Crippen molar-refractivity contribution in [2.75, 3.05) is 19.6 Å². The van der Waals surface area contributed by atoms with Gasteiger partial charge in [0.2, 0.25) is 0 Å². The van der Waals surface area contributed by atoms with Crippen molar-refractivity contribution < 1.29 is 4.74 Å². The topological polar surface area (TPSA) is 36.9 Å². The molecule has 1 N–H and O–H groups in total. The third-order valence-corrected chi connectivity index (χ3v) is 5.32. The van der Waals surface area contributed by atoms with Crippen LogP contribution in [0.2, 0.25) is 0 Å². The van der Waals surface area contributed by atoms with Gasteiger partial charge in [0, 0.05) is 31.1 Å². The predicted molar refractivity (Wildman–Crippen MR) is 105 cm³/mol. The summed E-state index contributed by atoms with van der Waals surface area (Å²) in [6, 6.07) is 19.0. The van der Waals surface area contributed by atoms with Gasteiger partial charge in [-0.3, -0.25) is 0 Å². The largest absolute Gasteiger partial charge is 0.489 e. The van der Waals surface area contributed by atoms with E-state index in [0.29, 0.717) is 12.5 Å². The Hall–Kier alpha value is -2.33. The molecule has 0 bridgehead atoms. The first-order valence-electron chi connectivity index (χ1n) is 9.64. The highest BCUT2D eigenvalue weighted by molar-refractivity contribution is 5.89. The van der Waals surface area contributed by atoms with Crippen LogP contribution in [-0.4, -0.2) is 30.2 Å². The Bertz CT molecular complexity index is 759. The molecule has 4 nitrogen and oxygen atoms in total. The van der Waals surface area contributed by atoms with E-state index in [1.165, 1.54) is 29.8 Å². The zero-order chi connectivity index (χ0) is 17.8. The molecule has 0 saturated carbocycles. The van der Waals surface area contributed by atoms with E-state index in [1.54, 1.807) is 0 Å². The van der Waals surface area contributed by atoms with Crippen molar-refractivity contribution in [2.24, 2.45) is 11.0 Å². The number of hydrogen-bond acceptors (Lipinski definition) is 4. The van der Waals surface area contributed by atoms with Gasteiger partial charge in [0.25, 0.3) is 0 Å². The summed E-state index contributed by atoms with van der Waals surface area (Å²) in [5, 5.41) is 4.63. The average Bonchev–Trinajstić information content (AvgIpc) is 3.11. The van der Waals surface area contributed by atoms with Crippen LogP contribution in [0.4, 0.5) is 0 Å². The molecular formula is C22H27N3O. The van der Waals surface area contributed by atoms with Gasteiger partial charge in [0.05, 0.1) is 6.04 Å². The fraction of sp³-hybridized carbons (Fsp3) is 0.409. The number of benzene rings is 2. The maximum Gasteiger partial charge on any atom is 0.120 e. The summed E-state index contributed by atoms with van der Waals surface area (Å²) < 4.78 is 6.01. The number of ether oxygens (including phenoxy) is 1. The molecule has 136 valence electrons. The third kappa shape index (κ3) is 3.75. The van der Waals surface area contributed by atoms with E-state index in [2.05, 4.69) is 52.7 Å². The van der Waals surface area contributed by atoms with E-state index in [0.717, 1.165) is 25.3 Å². The first-order chi connectivity index (χ1) is 12.8. The number of fused-ring (bicyclic) bond motifs is 1. The summed E-state index contributed by atoms with van der Waals surface area (Å²) in [6.07, 6.45) is 2.29. The number of likely N-dealkylation sites (tertiary alicyclic amines) is 1. The van der Waals surface area contributed by atoms with Gasteiger partial charge in [-0.25, -0.2) is 0 Å². The zero-order valence-electron chi connectivity index (χ0n) is 15.4. The molecule has 0 amide bonds. The Morgan fingerprint density at radius 3 is 2.88 bits per heavy atom. The highest BCUT2D eigenvalue weighted by Crippen LogP contribution is 2.33. The van der Waals surface area contributed by atoms with Gasteiger partial charge >= 0.3 is 0 Å². The highest BCUT2D eigenvalue weighted by Gasteiger charge is 2.36. The standard InChI is InChI=1S/C22H27N3O/c1-2-12-25-13-11-21-20(15-25)22(24-23-21)18-9-6-10-19(14-18)26-16-17-7-4-3-5-8-17/h3-10,14,20,22,24H,2,11-13,15-16H2,1H3. The van der Waals surface area contributed by atoms with E-state index in [-0.39, 0.29) is 6.04 Å². The minimum atomic E-state index is 0.255. The van der Waals surface area contributed by atoms with Gasteiger partial charge in [-0.2, -0.15) is 5.10 Å². The molecule has 2 aromatic carbocycles. The zero-order valence-corrected chi connectivity index (χ0v) is 15.4. The van der Waals surface area contributed by atoms with Crippen molar-refractivity contribution in [3.63, 3.8) is 0 Å². The van der Waals surface area contributed by atoms with Crippen LogP contribution in [-0.2, 0) is 6.61 Å². The molecule has 0 radical (unpaired) electrons. The fourth-order valence-electron chi connectivity index (χ4n) is 3.98. The molecule has 0 aromatic heterocycles. The lowest BCUT2D eigenvalue weighted by Gasteiger charge is -2.33. The lowest BCUT2D eigenvalue weighted by molar-refractivity contribution is 0.228. The van der Waals surface area contributed by atoms with Crippen molar-refractivity contribution in [3.8, 4) is 5.75 Å². The normalized spacial score (nSPS) is 22.4. The van der Waals surface area contributed by atoms with Crippen molar-refractivity contribution in [2.45, 2.75) is 32.4 Å². The summed E-state index contributed by atoms with van der Waals surface area (Å²) in [6.45, 7) is 6.26. The van der Waals surface area contributed by atoms with E-state index in [1.807, 2.05) is 24.3 Å². The van der Waals surface area contributed by atoms with Crippen LogP contribution in [0.1, 0.15) is 36.9 Å². The molecule has 4 rings (SSSR count). The average molecular weight is 349 g/mol. The molecule has 2 heterocycles. The third-order valence-electron chi connectivity index (χ3n) is 5.32. The van der Waals surface area contributed by atoms with Crippen molar-refractivity contribution in [3.05, 3.63) is 65.7 Å². The van der Waals surface area contributed by atoms with Crippen LogP contribution in [0.5, 0.6) is 5.75 Å². The van der Waals surface area contributed by atoms with E-state index >= 15 is 0 Å². The molecule has 0 spiro atoms. The van der Waals surface area contributed by atoms with Gasteiger partial charge in [-0.1, -0.05) is 49.4 Å². The Balaban J connectivity index is 1.44. The van der Waals surface area contributed by atoms with E-state index in [4.69, 9.17) is 4.74 Å². The number of hydrogen-bond donors (Lipinski definition) is 1. The van der Waals surface area contributed by atoms with Crippen LogP contribution in [0, 0.1) is 5.92 Å². The number of hydrazone groups is 1. The number of nitrogens with one attached hydrogen (secondary N) is 1. The second-order valence-electron chi connectivity index (χ2n) is 7.21. The Kier molecular flexibility index (Phi) is 5.21. The first-order valence-corrected chi connectivity index (χ1v) is 9.64. The molecule has 2 atom stereocenters. The summed E-state index contributed by atoms with van der Waals surface area (Å²) >= 11 is 0. The van der Waals surface area contributed by atoms with Gasteiger partial charge in [0.1, 0.15) is 12.4 Å². The minimum absolute atomic E-state index is 0.255. The lowest BCUT2D eigenvalue weighted by Crippen LogP contribution is -2.42. The van der Waals surface area contributed by atoms with Crippen LogP contribution >= 0.6 is 0 Å². The first kappa shape index (κ1) is 17.1. The molecule has 26 heavy (non-hydrogen) atoms. The second kappa shape index (κ2) is 7.92. The Morgan fingerprint density at radius 1 is 1.15 bits per heavy atom. The number of nitrogens with zero attached hydrogens (tertiary/aromatic N) is 2. The molecule has 1 saturated heterocycles. The second-order valence-corrected chi connectivity index (χ2v) is 7.21.